The number of carboxylic acids is 1. The number of aliphatic carboxylic acids is 1. The topological polar surface area (TPSA) is 122 Å². The number of nitrogens with one attached hydrogen (secondary N) is 1. The van der Waals surface area contributed by atoms with E-state index in [2.05, 4.69) is 14.9 Å². The maximum absolute atomic E-state index is 11.6. The second-order valence-electron chi connectivity index (χ2n) is 4.03. The number of benzene rings is 1. The summed E-state index contributed by atoms with van der Waals surface area (Å²) in [5.74, 6) is -2.19. The van der Waals surface area contributed by atoms with Crippen LogP contribution in [0.2, 0.25) is 0 Å². The zero-order chi connectivity index (χ0) is 14.8. The van der Waals surface area contributed by atoms with Crippen LogP contribution >= 0.6 is 0 Å². The maximum Gasteiger partial charge on any atom is 0.320 e. The number of anilines is 1. The van der Waals surface area contributed by atoms with Crippen molar-refractivity contribution < 1.29 is 22.7 Å². The van der Waals surface area contributed by atoms with Gasteiger partial charge in [-0.3, -0.25) is 9.52 Å². The number of hydrogen-bond donors (Lipinski definition) is 2. The van der Waals surface area contributed by atoms with Gasteiger partial charge in [0.05, 0.1) is 5.69 Å². The standard InChI is InChI=1S/C11H11N3O5S/c1-7-2-3-8(11-13-12-6-19-11)4-9(7)14-20(17,18)5-10(15)16/h2-4,6,14H,5H2,1H3,(H,15,16). The number of rotatable bonds is 5. The summed E-state index contributed by atoms with van der Waals surface area (Å²) in [4.78, 5) is 10.5. The van der Waals surface area contributed by atoms with Crippen molar-refractivity contribution in [3.8, 4) is 11.5 Å². The van der Waals surface area contributed by atoms with Crippen molar-refractivity contribution >= 4 is 21.7 Å². The Bertz CT molecular complexity index is 725. The van der Waals surface area contributed by atoms with Crippen LogP contribution in [0.15, 0.2) is 29.0 Å². The molecule has 8 nitrogen and oxygen atoms in total. The van der Waals surface area contributed by atoms with Gasteiger partial charge in [0.1, 0.15) is 0 Å². The van der Waals surface area contributed by atoms with Crippen LogP contribution in [0.4, 0.5) is 5.69 Å². The highest BCUT2D eigenvalue weighted by atomic mass is 32.2. The molecule has 0 fully saturated rings. The molecule has 0 spiro atoms. The first kappa shape index (κ1) is 14.0. The van der Waals surface area contributed by atoms with Crippen LogP contribution < -0.4 is 4.72 Å². The summed E-state index contributed by atoms with van der Waals surface area (Å²) in [5, 5.41) is 15.8. The fraction of sp³-hybridized carbons (Fsp3) is 0.182. The van der Waals surface area contributed by atoms with Gasteiger partial charge >= 0.3 is 5.97 Å². The van der Waals surface area contributed by atoms with E-state index < -0.39 is 21.7 Å². The molecule has 0 radical (unpaired) electrons. The SMILES string of the molecule is Cc1ccc(-c2nnco2)cc1NS(=O)(=O)CC(=O)O. The quantitative estimate of drug-likeness (QED) is 0.839. The summed E-state index contributed by atoms with van der Waals surface area (Å²) in [6, 6.07) is 4.86. The van der Waals surface area contributed by atoms with E-state index in [9.17, 15) is 13.2 Å². The van der Waals surface area contributed by atoms with Gasteiger partial charge in [-0.25, -0.2) is 8.42 Å². The van der Waals surface area contributed by atoms with Crippen LogP contribution in [0.3, 0.4) is 0 Å². The molecule has 0 unspecified atom stereocenters. The molecular weight excluding hydrogens is 286 g/mol. The first-order valence-electron chi connectivity index (χ1n) is 5.47. The van der Waals surface area contributed by atoms with Crippen LogP contribution in [0.25, 0.3) is 11.5 Å². The third kappa shape index (κ3) is 3.32. The van der Waals surface area contributed by atoms with Gasteiger partial charge in [-0.15, -0.1) is 10.2 Å². The van der Waals surface area contributed by atoms with Gasteiger partial charge in [-0.2, -0.15) is 0 Å². The van der Waals surface area contributed by atoms with Crippen molar-refractivity contribution in [2.24, 2.45) is 0 Å². The number of carboxylic acid groups (broad SMARTS) is 1. The average molecular weight is 297 g/mol. The molecule has 0 atom stereocenters. The van der Waals surface area contributed by atoms with Crippen molar-refractivity contribution in [2.75, 3.05) is 10.5 Å². The van der Waals surface area contributed by atoms with E-state index in [1.165, 1.54) is 6.07 Å². The second-order valence-corrected chi connectivity index (χ2v) is 5.75. The number of carbonyl (C=O) groups is 1. The molecule has 0 aliphatic heterocycles. The lowest BCUT2D eigenvalue weighted by atomic mass is 10.1. The van der Waals surface area contributed by atoms with Crippen LogP contribution in [-0.2, 0) is 14.8 Å². The van der Waals surface area contributed by atoms with Crippen LogP contribution in [-0.4, -0.2) is 35.4 Å². The van der Waals surface area contributed by atoms with E-state index in [0.29, 0.717) is 11.1 Å². The highest BCUT2D eigenvalue weighted by molar-refractivity contribution is 7.93. The van der Waals surface area contributed by atoms with E-state index in [1.54, 1.807) is 19.1 Å². The Balaban J connectivity index is 2.32. The van der Waals surface area contributed by atoms with E-state index in [1.807, 2.05) is 0 Å². The molecule has 2 rings (SSSR count). The third-order valence-electron chi connectivity index (χ3n) is 2.42. The van der Waals surface area contributed by atoms with Crippen LogP contribution in [0, 0.1) is 6.92 Å². The van der Waals surface area contributed by atoms with Crippen molar-refractivity contribution in [2.45, 2.75) is 6.92 Å². The highest BCUT2D eigenvalue weighted by Gasteiger charge is 2.17. The first-order chi connectivity index (χ1) is 9.37. The predicted molar refractivity (Wildman–Crippen MR) is 69.5 cm³/mol. The molecular formula is C11H11N3O5S. The molecule has 9 heteroatoms. The Labute approximate surface area is 114 Å². The highest BCUT2D eigenvalue weighted by Crippen LogP contribution is 2.24. The van der Waals surface area contributed by atoms with Gasteiger partial charge in [0.15, 0.2) is 5.75 Å². The normalized spacial score (nSPS) is 11.2. The zero-order valence-electron chi connectivity index (χ0n) is 10.4. The lowest BCUT2D eigenvalue weighted by Gasteiger charge is -2.10. The maximum atomic E-state index is 11.6. The summed E-state index contributed by atoms with van der Waals surface area (Å²) in [7, 11) is -3.96. The van der Waals surface area contributed by atoms with Crippen molar-refractivity contribution in [1.82, 2.24) is 10.2 Å². The molecule has 0 saturated carbocycles. The number of aromatic nitrogens is 2. The molecule has 0 saturated heterocycles. The molecule has 2 N–H and O–H groups in total. The van der Waals surface area contributed by atoms with E-state index in [0.717, 1.165) is 6.39 Å². The molecule has 2 aromatic rings. The second kappa shape index (κ2) is 5.29. The van der Waals surface area contributed by atoms with Gasteiger partial charge in [0.25, 0.3) is 0 Å². The fourth-order valence-electron chi connectivity index (χ4n) is 1.53. The lowest BCUT2D eigenvalue weighted by Crippen LogP contribution is -2.22. The number of aryl methyl sites for hydroxylation is 1. The van der Waals surface area contributed by atoms with Crippen molar-refractivity contribution in [1.29, 1.82) is 0 Å². The van der Waals surface area contributed by atoms with Gasteiger partial charge in [-0.05, 0) is 24.6 Å². The minimum Gasteiger partial charge on any atom is -0.480 e. The van der Waals surface area contributed by atoms with Gasteiger partial charge in [-0.1, -0.05) is 6.07 Å². The molecule has 0 aliphatic rings. The van der Waals surface area contributed by atoms with Gasteiger partial charge in [0.2, 0.25) is 22.3 Å². The van der Waals surface area contributed by atoms with E-state index in [4.69, 9.17) is 9.52 Å². The van der Waals surface area contributed by atoms with Crippen LogP contribution in [0.5, 0.6) is 0 Å². The third-order valence-corrected chi connectivity index (χ3v) is 3.58. The molecule has 106 valence electrons. The Morgan fingerprint density at radius 1 is 1.45 bits per heavy atom. The monoisotopic (exact) mass is 297 g/mol. The molecule has 1 aromatic heterocycles. The average Bonchev–Trinajstić information content (AvgIpc) is 2.83. The molecule has 0 bridgehead atoms. The molecule has 1 heterocycles. The summed E-state index contributed by atoms with van der Waals surface area (Å²) in [6.07, 6.45) is 1.16. The minimum atomic E-state index is -3.96. The smallest absolute Gasteiger partial charge is 0.320 e. The first-order valence-corrected chi connectivity index (χ1v) is 7.12. The predicted octanol–water partition coefficient (Wildman–Crippen LogP) is 0.871. The Morgan fingerprint density at radius 3 is 2.80 bits per heavy atom. The Morgan fingerprint density at radius 2 is 2.20 bits per heavy atom. The van der Waals surface area contributed by atoms with Crippen LogP contribution in [0.1, 0.15) is 5.56 Å². The fourth-order valence-corrected chi connectivity index (χ4v) is 2.48. The van der Waals surface area contributed by atoms with Crippen molar-refractivity contribution in [3.05, 3.63) is 30.2 Å². The lowest BCUT2D eigenvalue weighted by molar-refractivity contribution is -0.134. The molecule has 0 amide bonds. The zero-order valence-corrected chi connectivity index (χ0v) is 11.2. The van der Waals surface area contributed by atoms with Gasteiger partial charge in [0, 0.05) is 5.56 Å². The number of nitrogens with zero attached hydrogens (tertiary/aromatic N) is 2. The van der Waals surface area contributed by atoms with E-state index >= 15 is 0 Å². The Hall–Kier alpha value is -2.42. The summed E-state index contributed by atoms with van der Waals surface area (Å²) >= 11 is 0. The Kier molecular flexibility index (Phi) is 3.70. The molecule has 1 aromatic carbocycles. The van der Waals surface area contributed by atoms with Gasteiger partial charge < -0.3 is 9.52 Å². The minimum absolute atomic E-state index is 0.240. The summed E-state index contributed by atoms with van der Waals surface area (Å²) < 4.78 is 30.5. The van der Waals surface area contributed by atoms with Crippen molar-refractivity contribution in [3.63, 3.8) is 0 Å². The number of sulfonamides is 1. The molecule has 20 heavy (non-hydrogen) atoms. The largest absolute Gasteiger partial charge is 0.480 e. The van der Waals surface area contributed by atoms with E-state index in [-0.39, 0.29) is 11.6 Å². The summed E-state index contributed by atoms with van der Waals surface area (Å²) in [6.45, 7) is 1.69. The summed E-state index contributed by atoms with van der Waals surface area (Å²) in [5.41, 5.74) is 1.44. The molecule has 0 aliphatic carbocycles. The number of hydrogen-bond acceptors (Lipinski definition) is 6.